The molecule has 0 saturated heterocycles. The summed E-state index contributed by atoms with van der Waals surface area (Å²) >= 11 is 0. The van der Waals surface area contributed by atoms with Gasteiger partial charge in [0.1, 0.15) is 5.52 Å². The number of hydrogen-bond acceptors (Lipinski definition) is 0. The van der Waals surface area contributed by atoms with Gasteiger partial charge in [0.2, 0.25) is 0 Å². The molecule has 33 heavy (non-hydrogen) atoms. The predicted molar refractivity (Wildman–Crippen MR) is 139 cm³/mol. The Labute approximate surface area is 196 Å². The smallest absolute Gasteiger partial charge is 0.225 e. The number of aromatic nitrogens is 2. The van der Waals surface area contributed by atoms with E-state index >= 15 is 0 Å². The fourth-order valence-electron chi connectivity index (χ4n) is 6.34. The van der Waals surface area contributed by atoms with Crippen LogP contribution >= 0.6 is 0 Å². The Morgan fingerprint density at radius 1 is 0.727 bits per heavy atom. The van der Waals surface area contributed by atoms with E-state index in [9.17, 15) is 0 Å². The van der Waals surface area contributed by atoms with E-state index in [0.717, 1.165) is 0 Å². The highest BCUT2D eigenvalue weighted by Crippen LogP contribution is 2.53. The number of benzene rings is 3. The van der Waals surface area contributed by atoms with E-state index < -0.39 is 0 Å². The summed E-state index contributed by atoms with van der Waals surface area (Å²) in [5.41, 5.74) is 12.2. The average molecular weight is 434 g/mol. The SMILES string of the molecule is Cc1ccc2c3c(C)ccc4c3n3c(c(-c5ccccc5)[n+](C)c3c2c1C)C(C)(C)C4(C)C. The maximum Gasteiger partial charge on any atom is 0.295 e. The van der Waals surface area contributed by atoms with Crippen molar-refractivity contribution in [3.05, 3.63) is 82.5 Å². The van der Waals surface area contributed by atoms with Crippen LogP contribution in [0.5, 0.6) is 0 Å². The molecule has 0 spiro atoms. The molecule has 0 fully saturated rings. The molecule has 1 aliphatic rings. The minimum Gasteiger partial charge on any atom is -0.225 e. The van der Waals surface area contributed by atoms with Gasteiger partial charge in [0, 0.05) is 32.7 Å². The first-order valence-electron chi connectivity index (χ1n) is 12.0. The summed E-state index contributed by atoms with van der Waals surface area (Å²) in [7, 11) is 2.26. The number of aryl methyl sites for hydroxylation is 4. The lowest BCUT2D eigenvalue weighted by Gasteiger charge is -2.43. The number of pyridine rings is 1. The second kappa shape index (κ2) is 6.26. The van der Waals surface area contributed by atoms with Crippen molar-refractivity contribution in [1.82, 2.24) is 4.40 Å². The van der Waals surface area contributed by atoms with Crippen LogP contribution in [-0.4, -0.2) is 4.40 Å². The molecule has 0 atom stereocenters. The fourth-order valence-corrected chi connectivity index (χ4v) is 6.34. The molecule has 0 radical (unpaired) electrons. The normalized spacial score (nSPS) is 16.4. The largest absolute Gasteiger partial charge is 0.295 e. The molecule has 0 unspecified atom stereocenters. The molecule has 5 aromatic rings. The maximum absolute atomic E-state index is 2.63. The zero-order chi connectivity index (χ0) is 23.4. The third-order valence-corrected chi connectivity index (χ3v) is 9.03. The lowest BCUT2D eigenvalue weighted by molar-refractivity contribution is -0.632. The molecule has 2 heteroatoms. The third-order valence-electron chi connectivity index (χ3n) is 9.03. The van der Waals surface area contributed by atoms with Crippen LogP contribution in [-0.2, 0) is 17.9 Å². The van der Waals surface area contributed by atoms with Crippen LogP contribution in [0.15, 0.2) is 54.6 Å². The Bertz CT molecular complexity index is 1630. The molecular weight excluding hydrogens is 400 g/mol. The van der Waals surface area contributed by atoms with Crippen molar-refractivity contribution < 1.29 is 4.57 Å². The molecule has 6 rings (SSSR count). The Balaban J connectivity index is 2.06. The van der Waals surface area contributed by atoms with Gasteiger partial charge in [-0.3, -0.25) is 0 Å². The van der Waals surface area contributed by atoms with E-state index in [-0.39, 0.29) is 10.8 Å². The van der Waals surface area contributed by atoms with Crippen LogP contribution in [0.1, 0.15) is 55.6 Å². The lowest BCUT2D eigenvalue weighted by Crippen LogP contribution is -2.44. The molecule has 0 amide bonds. The highest BCUT2D eigenvalue weighted by molar-refractivity contribution is 6.15. The van der Waals surface area contributed by atoms with Gasteiger partial charge in [-0.05, 0) is 37.5 Å². The number of hydrogen-bond donors (Lipinski definition) is 0. The van der Waals surface area contributed by atoms with Crippen LogP contribution in [0.3, 0.4) is 0 Å². The van der Waals surface area contributed by atoms with Gasteiger partial charge in [-0.25, -0.2) is 4.57 Å². The summed E-state index contributed by atoms with van der Waals surface area (Å²) < 4.78 is 5.09. The van der Waals surface area contributed by atoms with Gasteiger partial charge < -0.3 is 0 Å². The van der Waals surface area contributed by atoms with Crippen molar-refractivity contribution in [2.45, 2.75) is 59.3 Å². The number of rotatable bonds is 1. The van der Waals surface area contributed by atoms with Gasteiger partial charge in [0.25, 0.3) is 5.65 Å². The minimum atomic E-state index is -0.0665. The van der Waals surface area contributed by atoms with E-state index in [4.69, 9.17) is 0 Å². The summed E-state index contributed by atoms with van der Waals surface area (Å²) in [5.74, 6) is 0. The first kappa shape index (κ1) is 20.5. The Morgan fingerprint density at radius 3 is 2.09 bits per heavy atom. The first-order chi connectivity index (χ1) is 15.6. The van der Waals surface area contributed by atoms with Gasteiger partial charge in [-0.15, -0.1) is 0 Å². The molecule has 0 bridgehead atoms. The predicted octanol–water partition coefficient (Wildman–Crippen LogP) is 7.23. The summed E-state index contributed by atoms with van der Waals surface area (Å²) in [5, 5.41) is 4.15. The zero-order valence-electron chi connectivity index (χ0n) is 21.1. The molecule has 2 nitrogen and oxygen atoms in total. The zero-order valence-corrected chi connectivity index (χ0v) is 21.1. The van der Waals surface area contributed by atoms with Crippen LogP contribution in [0.2, 0.25) is 0 Å². The Morgan fingerprint density at radius 2 is 1.39 bits per heavy atom. The van der Waals surface area contributed by atoms with E-state index in [0.29, 0.717) is 0 Å². The van der Waals surface area contributed by atoms with Crippen molar-refractivity contribution >= 4 is 27.3 Å². The van der Waals surface area contributed by atoms with E-state index in [1.165, 1.54) is 66.5 Å². The second-order valence-electron chi connectivity index (χ2n) is 11.1. The van der Waals surface area contributed by atoms with E-state index in [1.54, 1.807) is 0 Å². The Kier molecular flexibility index (Phi) is 3.88. The van der Waals surface area contributed by atoms with Gasteiger partial charge in [0.05, 0.1) is 12.4 Å². The van der Waals surface area contributed by atoms with Crippen LogP contribution in [0.4, 0.5) is 0 Å². The van der Waals surface area contributed by atoms with Gasteiger partial charge in [-0.2, -0.15) is 4.40 Å². The number of fused-ring (bicyclic) bond motifs is 3. The molecular formula is C31H33N2+. The van der Waals surface area contributed by atoms with E-state index in [2.05, 4.69) is 119 Å². The molecule has 2 aromatic heterocycles. The standard InChI is InChI=1S/C31H33N2/c1-18-14-16-22-24-19(2)15-17-23-27(24)33-28(31(6,7)30(23,4)5)26(21-12-10-9-11-13-21)32(8)29(33)25(22)20(18)3/h9-17H,1-8H3/q+1. The van der Waals surface area contributed by atoms with Crippen molar-refractivity contribution in [3.8, 4) is 11.3 Å². The molecule has 0 aliphatic carbocycles. The summed E-state index contributed by atoms with van der Waals surface area (Å²) in [6.45, 7) is 16.5. The summed E-state index contributed by atoms with van der Waals surface area (Å²) in [6, 6.07) is 20.3. The second-order valence-corrected chi connectivity index (χ2v) is 11.1. The molecule has 3 aromatic carbocycles. The van der Waals surface area contributed by atoms with Gasteiger partial charge in [-0.1, -0.05) is 82.3 Å². The van der Waals surface area contributed by atoms with Crippen LogP contribution < -0.4 is 4.57 Å². The number of nitrogens with zero attached hydrogens (tertiary/aromatic N) is 2. The molecule has 0 N–H and O–H groups in total. The van der Waals surface area contributed by atoms with Crippen LogP contribution in [0.25, 0.3) is 38.6 Å². The molecule has 0 saturated carbocycles. The Hall–Kier alpha value is -3.13. The highest BCUT2D eigenvalue weighted by Gasteiger charge is 2.52. The highest BCUT2D eigenvalue weighted by atomic mass is 15.1. The monoisotopic (exact) mass is 433 g/mol. The number of imidazole rings is 1. The lowest BCUT2D eigenvalue weighted by atomic mass is 9.60. The quantitative estimate of drug-likeness (QED) is 0.195. The third kappa shape index (κ3) is 2.27. The summed E-state index contributed by atoms with van der Waals surface area (Å²) in [6.07, 6.45) is 0. The van der Waals surface area contributed by atoms with Crippen molar-refractivity contribution in [2.75, 3.05) is 0 Å². The van der Waals surface area contributed by atoms with Gasteiger partial charge >= 0.3 is 0 Å². The van der Waals surface area contributed by atoms with Crippen LogP contribution in [0, 0.1) is 20.8 Å². The summed E-state index contributed by atoms with van der Waals surface area (Å²) in [4.78, 5) is 0. The minimum absolute atomic E-state index is 0.0236. The topological polar surface area (TPSA) is 8.29 Å². The average Bonchev–Trinajstić information content (AvgIpc) is 3.09. The molecule has 1 aliphatic heterocycles. The van der Waals surface area contributed by atoms with E-state index in [1.807, 2.05) is 0 Å². The maximum atomic E-state index is 2.63. The molecule has 166 valence electrons. The fraction of sp³-hybridized carbons (Fsp3) is 0.323. The van der Waals surface area contributed by atoms with Gasteiger partial charge in [0.15, 0.2) is 11.4 Å². The van der Waals surface area contributed by atoms with Crippen molar-refractivity contribution in [3.63, 3.8) is 0 Å². The van der Waals surface area contributed by atoms with Crippen molar-refractivity contribution in [1.29, 1.82) is 0 Å². The first-order valence-corrected chi connectivity index (χ1v) is 12.0. The molecule has 3 heterocycles. The van der Waals surface area contributed by atoms with Crippen molar-refractivity contribution in [2.24, 2.45) is 7.05 Å².